The normalized spacial score (nSPS) is 12.9. The van der Waals surface area contributed by atoms with Gasteiger partial charge in [-0.05, 0) is 24.7 Å². The zero-order chi connectivity index (χ0) is 13.8. The average Bonchev–Trinajstić information content (AvgIpc) is 2.76. The Balaban J connectivity index is 2.15. The molecule has 6 heteroatoms. The van der Waals surface area contributed by atoms with Gasteiger partial charge in [0.1, 0.15) is 12.2 Å². The lowest BCUT2D eigenvalue weighted by atomic mass is 10.1. The maximum Gasteiger partial charge on any atom is 0.146 e. The zero-order valence-corrected chi connectivity index (χ0v) is 12.6. The lowest BCUT2D eigenvalue weighted by Gasteiger charge is -2.26. The van der Waals surface area contributed by atoms with Crippen LogP contribution in [-0.4, -0.2) is 38.4 Å². The molecule has 2 aromatic rings. The lowest BCUT2D eigenvalue weighted by molar-refractivity contribution is 0.139. The topological polar surface area (TPSA) is 54.2 Å². The Morgan fingerprint density at radius 3 is 2.84 bits per heavy atom. The van der Waals surface area contributed by atoms with Crippen LogP contribution in [0, 0.1) is 0 Å². The summed E-state index contributed by atoms with van der Waals surface area (Å²) in [5, 5.41) is 17.6. The second-order valence-electron chi connectivity index (χ2n) is 4.53. The highest BCUT2D eigenvalue weighted by Crippen LogP contribution is 2.23. The molecule has 1 aromatic carbocycles. The molecule has 0 fully saturated rings. The number of aliphatic hydroxyl groups is 1. The summed E-state index contributed by atoms with van der Waals surface area (Å²) in [5.74, 6) is 0.871. The van der Waals surface area contributed by atoms with E-state index in [1.54, 1.807) is 6.33 Å². The largest absolute Gasteiger partial charge is 0.394 e. The van der Waals surface area contributed by atoms with Gasteiger partial charge in [-0.3, -0.25) is 4.90 Å². The second-order valence-corrected chi connectivity index (χ2v) is 5.44. The van der Waals surface area contributed by atoms with Gasteiger partial charge in [0.15, 0.2) is 0 Å². The van der Waals surface area contributed by atoms with Gasteiger partial charge in [-0.1, -0.05) is 28.1 Å². The zero-order valence-electron chi connectivity index (χ0n) is 11.0. The van der Waals surface area contributed by atoms with Crippen molar-refractivity contribution in [3.8, 4) is 0 Å². The molecule has 1 aromatic heterocycles. The van der Waals surface area contributed by atoms with Gasteiger partial charge < -0.3 is 9.67 Å². The molecule has 0 saturated heterocycles. The van der Waals surface area contributed by atoms with Crippen molar-refractivity contribution in [2.24, 2.45) is 7.05 Å². The monoisotopic (exact) mass is 324 g/mol. The second kappa shape index (κ2) is 6.27. The summed E-state index contributed by atoms with van der Waals surface area (Å²) >= 11 is 3.45. The number of likely N-dealkylation sites (N-methyl/N-ethyl adjacent to an activating group) is 1. The molecule has 1 N–H and O–H groups in total. The van der Waals surface area contributed by atoms with Gasteiger partial charge in [-0.15, -0.1) is 10.2 Å². The molecule has 0 spiro atoms. The van der Waals surface area contributed by atoms with Gasteiger partial charge in [0.05, 0.1) is 19.2 Å². The maximum absolute atomic E-state index is 9.64. The molecule has 1 atom stereocenters. The Morgan fingerprint density at radius 1 is 1.47 bits per heavy atom. The predicted molar refractivity (Wildman–Crippen MR) is 76.4 cm³/mol. The van der Waals surface area contributed by atoms with Crippen molar-refractivity contribution >= 4 is 15.9 Å². The fourth-order valence-corrected chi connectivity index (χ4v) is 2.41. The van der Waals surface area contributed by atoms with Crippen molar-refractivity contribution in [1.82, 2.24) is 19.7 Å². The first-order chi connectivity index (χ1) is 9.11. The summed E-state index contributed by atoms with van der Waals surface area (Å²) in [6.45, 7) is 0.693. The highest BCUT2D eigenvalue weighted by atomic mass is 79.9. The number of aliphatic hydroxyl groups excluding tert-OH is 1. The Bertz CT molecular complexity index is 543. The Morgan fingerprint density at radius 2 is 2.26 bits per heavy atom. The summed E-state index contributed by atoms with van der Waals surface area (Å²) < 4.78 is 2.89. The first kappa shape index (κ1) is 14.2. The third-order valence-corrected chi connectivity index (χ3v) is 3.63. The van der Waals surface area contributed by atoms with Crippen LogP contribution in [0.3, 0.4) is 0 Å². The fraction of sp³-hybridized carbons (Fsp3) is 0.385. The smallest absolute Gasteiger partial charge is 0.146 e. The minimum absolute atomic E-state index is 0.0603. The minimum Gasteiger partial charge on any atom is -0.394 e. The van der Waals surface area contributed by atoms with Gasteiger partial charge in [-0.25, -0.2) is 0 Å². The van der Waals surface area contributed by atoms with Gasteiger partial charge >= 0.3 is 0 Å². The highest BCUT2D eigenvalue weighted by Gasteiger charge is 2.18. The van der Waals surface area contributed by atoms with Gasteiger partial charge in [0, 0.05) is 11.5 Å². The van der Waals surface area contributed by atoms with Crippen molar-refractivity contribution in [2.45, 2.75) is 12.6 Å². The molecule has 5 nitrogen and oxygen atoms in total. The van der Waals surface area contributed by atoms with E-state index in [1.807, 2.05) is 42.9 Å². The van der Waals surface area contributed by atoms with E-state index in [0.717, 1.165) is 15.9 Å². The van der Waals surface area contributed by atoms with Gasteiger partial charge in [-0.2, -0.15) is 0 Å². The molecule has 102 valence electrons. The molecule has 19 heavy (non-hydrogen) atoms. The van der Waals surface area contributed by atoms with Crippen LogP contribution >= 0.6 is 15.9 Å². The van der Waals surface area contributed by atoms with Crippen LogP contribution in [-0.2, 0) is 13.6 Å². The summed E-state index contributed by atoms with van der Waals surface area (Å²) in [6, 6.07) is 7.92. The number of aryl methyl sites for hydroxylation is 1. The summed E-state index contributed by atoms with van der Waals surface area (Å²) in [6.07, 6.45) is 1.68. The van der Waals surface area contributed by atoms with Crippen LogP contribution in [0.15, 0.2) is 35.1 Å². The lowest BCUT2D eigenvalue weighted by Crippen LogP contribution is -2.28. The predicted octanol–water partition coefficient (Wildman–Crippen LogP) is 1.74. The number of aromatic nitrogens is 3. The number of benzene rings is 1. The summed E-state index contributed by atoms with van der Waals surface area (Å²) in [4.78, 5) is 2.06. The van der Waals surface area contributed by atoms with Crippen LogP contribution in [0.5, 0.6) is 0 Å². The van der Waals surface area contributed by atoms with E-state index in [2.05, 4.69) is 31.0 Å². The van der Waals surface area contributed by atoms with Gasteiger partial charge in [0.25, 0.3) is 0 Å². The van der Waals surface area contributed by atoms with E-state index >= 15 is 0 Å². The highest BCUT2D eigenvalue weighted by molar-refractivity contribution is 9.10. The van der Waals surface area contributed by atoms with Crippen molar-refractivity contribution in [3.63, 3.8) is 0 Å². The van der Waals surface area contributed by atoms with Crippen LogP contribution < -0.4 is 0 Å². The Kier molecular flexibility index (Phi) is 4.68. The van der Waals surface area contributed by atoms with E-state index in [0.29, 0.717) is 6.54 Å². The minimum atomic E-state index is -0.0609. The molecule has 0 aliphatic rings. The van der Waals surface area contributed by atoms with Crippen molar-refractivity contribution in [3.05, 3.63) is 46.5 Å². The van der Waals surface area contributed by atoms with E-state index in [-0.39, 0.29) is 12.6 Å². The Labute approximate surface area is 121 Å². The van der Waals surface area contributed by atoms with E-state index in [1.165, 1.54) is 0 Å². The van der Waals surface area contributed by atoms with E-state index < -0.39 is 0 Å². The van der Waals surface area contributed by atoms with E-state index in [4.69, 9.17) is 0 Å². The van der Waals surface area contributed by atoms with Crippen molar-refractivity contribution in [2.75, 3.05) is 13.7 Å². The van der Waals surface area contributed by atoms with Crippen LogP contribution in [0.1, 0.15) is 17.4 Å². The third kappa shape index (κ3) is 3.40. The first-order valence-corrected chi connectivity index (χ1v) is 6.80. The molecule has 0 saturated carbocycles. The average molecular weight is 325 g/mol. The quantitative estimate of drug-likeness (QED) is 0.910. The number of hydrogen-bond donors (Lipinski definition) is 1. The maximum atomic E-state index is 9.64. The van der Waals surface area contributed by atoms with Crippen molar-refractivity contribution in [1.29, 1.82) is 0 Å². The Hall–Kier alpha value is -1.24. The van der Waals surface area contributed by atoms with Crippen LogP contribution in [0.4, 0.5) is 0 Å². The molecule has 2 rings (SSSR count). The van der Waals surface area contributed by atoms with Crippen LogP contribution in [0.25, 0.3) is 0 Å². The molecule has 0 radical (unpaired) electrons. The molecule has 0 aliphatic heterocycles. The molecular weight excluding hydrogens is 308 g/mol. The van der Waals surface area contributed by atoms with Crippen molar-refractivity contribution < 1.29 is 5.11 Å². The van der Waals surface area contributed by atoms with E-state index in [9.17, 15) is 5.11 Å². The first-order valence-electron chi connectivity index (χ1n) is 6.01. The third-order valence-electron chi connectivity index (χ3n) is 3.13. The standard InChI is InChI=1S/C13H17BrN4O/c1-17(7-13-16-15-9-18(13)2)12(8-19)10-4-3-5-11(14)6-10/h3-6,9,12,19H,7-8H2,1-2H3. The number of rotatable bonds is 5. The molecule has 0 aliphatic carbocycles. The molecule has 1 unspecified atom stereocenters. The number of hydrogen-bond acceptors (Lipinski definition) is 4. The van der Waals surface area contributed by atoms with Crippen LogP contribution in [0.2, 0.25) is 0 Å². The molecule has 0 amide bonds. The summed E-state index contributed by atoms with van der Waals surface area (Å²) in [7, 11) is 3.88. The molecule has 1 heterocycles. The summed E-state index contributed by atoms with van der Waals surface area (Å²) in [5.41, 5.74) is 1.07. The number of halogens is 1. The fourth-order valence-electron chi connectivity index (χ4n) is 2.00. The SMILES string of the molecule is CN(Cc1nncn1C)C(CO)c1cccc(Br)c1. The van der Waals surface area contributed by atoms with Gasteiger partial charge in [0.2, 0.25) is 0 Å². The molecule has 0 bridgehead atoms. The molecular formula is C13H17BrN4O. The number of nitrogens with zero attached hydrogens (tertiary/aromatic N) is 4.